The molecule has 0 atom stereocenters. The van der Waals surface area contributed by atoms with Crippen molar-refractivity contribution >= 4 is 5.91 Å². The Morgan fingerprint density at radius 1 is 0.339 bits per heavy atom. The Balaban J connectivity index is 4.14. The van der Waals surface area contributed by atoms with Gasteiger partial charge in [-0.05, 0) is 83.5 Å². The summed E-state index contributed by atoms with van der Waals surface area (Å²) in [5.41, 5.74) is 0. The number of hydrogen-bond donors (Lipinski definition) is 2. The van der Waals surface area contributed by atoms with E-state index < -0.39 is 0 Å². The Kier molecular flexibility index (Phi) is 49.0. The minimum atomic E-state index is 0.345. The zero-order valence-corrected chi connectivity index (χ0v) is 38.1. The number of hydrogen-bond acceptors (Lipinski definition) is 3. The summed E-state index contributed by atoms with van der Waals surface area (Å²) in [6.07, 6.45) is 63.0. The quantitative estimate of drug-likeness (QED) is 0.0477. The molecule has 0 bridgehead atoms. The summed E-state index contributed by atoms with van der Waals surface area (Å²) >= 11 is 0. The fourth-order valence-corrected chi connectivity index (χ4v) is 7.99. The molecule has 0 aromatic carbocycles. The molecule has 0 aliphatic rings. The van der Waals surface area contributed by atoms with Crippen molar-refractivity contribution in [2.24, 2.45) is 0 Å². The van der Waals surface area contributed by atoms with Crippen molar-refractivity contribution in [1.29, 1.82) is 0 Å². The van der Waals surface area contributed by atoms with Crippen LogP contribution in [0.1, 0.15) is 277 Å². The van der Waals surface area contributed by atoms with Gasteiger partial charge in [-0.3, -0.25) is 4.79 Å². The van der Waals surface area contributed by atoms with Crippen molar-refractivity contribution in [2.45, 2.75) is 277 Å². The smallest absolute Gasteiger partial charge is 0.222 e. The SMILES string of the molecule is CCCCCCCCCCCCCCCC(=O)N(CCCCCCCC/C=C\CCCCCCCCO)CCCCCCCC/C=C\CCCCCCCCO. The number of aliphatic hydroxyl groups is 2. The van der Waals surface area contributed by atoms with Crippen LogP contribution in [-0.4, -0.2) is 47.3 Å². The summed E-state index contributed by atoms with van der Waals surface area (Å²) in [4.78, 5) is 15.6. The number of carbonyl (C=O) groups is 1. The fraction of sp³-hybridized carbons (Fsp3) is 0.904. The van der Waals surface area contributed by atoms with Crippen molar-refractivity contribution in [2.75, 3.05) is 26.3 Å². The van der Waals surface area contributed by atoms with Gasteiger partial charge in [0.1, 0.15) is 0 Å². The maximum absolute atomic E-state index is 13.3. The van der Waals surface area contributed by atoms with Gasteiger partial charge < -0.3 is 15.1 Å². The summed E-state index contributed by atoms with van der Waals surface area (Å²) in [7, 11) is 0. The summed E-state index contributed by atoms with van der Waals surface area (Å²) in [5.74, 6) is 0.426. The molecular weight excluding hydrogens is 687 g/mol. The van der Waals surface area contributed by atoms with Crippen LogP contribution >= 0.6 is 0 Å². The zero-order valence-electron chi connectivity index (χ0n) is 38.1. The average molecular weight is 788 g/mol. The first-order valence-electron chi connectivity index (χ1n) is 25.6. The van der Waals surface area contributed by atoms with Gasteiger partial charge in [-0.2, -0.15) is 0 Å². The Labute approximate surface area is 351 Å². The van der Waals surface area contributed by atoms with Crippen LogP contribution in [0.2, 0.25) is 0 Å². The molecule has 0 aromatic heterocycles. The van der Waals surface area contributed by atoms with Crippen molar-refractivity contribution in [3.8, 4) is 0 Å². The molecule has 0 unspecified atom stereocenters. The molecule has 0 spiro atoms. The molecule has 0 heterocycles. The van der Waals surface area contributed by atoms with Gasteiger partial charge >= 0.3 is 0 Å². The highest BCUT2D eigenvalue weighted by Gasteiger charge is 2.12. The van der Waals surface area contributed by atoms with Gasteiger partial charge in [0, 0.05) is 32.7 Å². The second kappa shape index (κ2) is 50.0. The molecule has 0 fully saturated rings. The van der Waals surface area contributed by atoms with E-state index in [9.17, 15) is 4.79 Å². The van der Waals surface area contributed by atoms with E-state index in [0.29, 0.717) is 19.1 Å². The van der Waals surface area contributed by atoms with Crippen LogP contribution in [-0.2, 0) is 4.79 Å². The summed E-state index contributed by atoms with van der Waals surface area (Å²) in [6.45, 7) is 4.92. The third-order valence-corrected chi connectivity index (χ3v) is 11.8. The van der Waals surface area contributed by atoms with E-state index in [1.54, 1.807) is 0 Å². The number of unbranched alkanes of at least 4 members (excludes halogenated alkanes) is 36. The summed E-state index contributed by atoms with van der Waals surface area (Å²) in [6, 6.07) is 0. The molecule has 332 valence electrons. The van der Waals surface area contributed by atoms with Crippen LogP contribution in [0.3, 0.4) is 0 Å². The lowest BCUT2D eigenvalue weighted by Crippen LogP contribution is -2.32. The first kappa shape index (κ1) is 54.9. The molecule has 0 saturated carbocycles. The fourth-order valence-electron chi connectivity index (χ4n) is 7.99. The minimum absolute atomic E-state index is 0.345. The third kappa shape index (κ3) is 45.6. The van der Waals surface area contributed by atoms with E-state index in [2.05, 4.69) is 36.1 Å². The molecule has 4 nitrogen and oxygen atoms in total. The molecule has 4 heteroatoms. The number of aliphatic hydroxyl groups excluding tert-OH is 2. The highest BCUT2D eigenvalue weighted by molar-refractivity contribution is 5.76. The Morgan fingerprint density at radius 3 is 0.893 bits per heavy atom. The molecule has 0 aliphatic heterocycles. The third-order valence-electron chi connectivity index (χ3n) is 11.8. The lowest BCUT2D eigenvalue weighted by atomic mass is 10.0. The van der Waals surface area contributed by atoms with E-state index in [4.69, 9.17) is 10.2 Å². The van der Waals surface area contributed by atoms with Gasteiger partial charge in [0.15, 0.2) is 0 Å². The lowest BCUT2D eigenvalue weighted by Gasteiger charge is -2.23. The van der Waals surface area contributed by atoms with Gasteiger partial charge in [0.2, 0.25) is 5.91 Å². The number of allylic oxidation sites excluding steroid dienone is 4. The van der Waals surface area contributed by atoms with E-state index in [1.807, 2.05) is 0 Å². The van der Waals surface area contributed by atoms with Gasteiger partial charge in [0.05, 0.1) is 0 Å². The second-order valence-corrected chi connectivity index (χ2v) is 17.4. The van der Waals surface area contributed by atoms with Gasteiger partial charge in [-0.15, -0.1) is 0 Å². The molecule has 0 aliphatic carbocycles. The van der Waals surface area contributed by atoms with Crippen LogP contribution in [0.5, 0.6) is 0 Å². The highest BCUT2D eigenvalue weighted by atomic mass is 16.3. The van der Waals surface area contributed by atoms with E-state index in [-0.39, 0.29) is 0 Å². The van der Waals surface area contributed by atoms with Crippen LogP contribution in [0, 0.1) is 0 Å². The van der Waals surface area contributed by atoms with Gasteiger partial charge in [-0.1, -0.05) is 211 Å². The molecule has 0 aromatic rings. The predicted molar refractivity (Wildman–Crippen MR) is 249 cm³/mol. The van der Waals surface area contributed by atoms with Crippen LogP contribution < -0.4 is 0 Å². The largest absolute Gasteiger partial charge is 0.396 e. The first-order valence-corrected chi connectivity index (χ1v) is 25.6. The summed E-state index contributed by atoms with van der Waals surface area (Å²) in [5, 5.41) is 17.7. The standard InChI is InChI=1S/C52H101NO3/c1-2-3-4-5-6-7-8-17-22-27-32-37-42-47-52(56)53(48-43-38-33-28-23-18-13-9-11-15-20-25-30-35-40-45-50-54)49-44-39-34-29-24-19-14-10-12-16-21-26-31-36-41-46-51-55/h9-12,54-55H,2-8,13-51H2,1H3/b11-9-,12-10-. The number of carbonyl (C=O) groups excluding carboxylic acids is 1. The Bertz CT molecular complexity index is 751. The predicted octanol–water partition coefficient (Wildman–Crippen LogP) is 16.3. The first-order chi connectivity index (χ1) is 27.8. The average Bonchev–Trinajstić information content (AvgIpc) is 3.21. The monoisotopic (exact) mass is 788 g/mol. The summed E-state index contributed by atoms with van der Waals surface area (Å²) < 4.78 is 0. The van der Waals surface area contributed by atoms with Gasteiger partial charge in [-0.25, -0.2) is 0 Å². The molecule has 1 amide bonds. The van der Waals surface area contributed by atoms with Gasteiger partial charge in [0.25, 0.3) is 0 Å². The maximum atomic E-state index is 13.3. The van der Waals surface area contributed by atoms with Crippen molar-refractivity contribution in [1.82, 2.24) is 4.90 Å². The van der Waals surface area contributed by atoms with Crippen molar-refractivity contribution in [3.05, 3.63) is 24.3 Å². The van der Waals surface area contributed by atoms with Crippen LogP contribution in [0.15, 0.2) is 24.3 Å². The number of rotatable bonds is 48. The lowest BCUT2D eigenvalue weighted by molar-refractivity contribution is -0.131. The Hall–Kier alpha value is -1.13. The minimum Gasteiger partial charge on any atom is -0.396 e. The van der Waals surface area contributed by atoms with E-state index >= 15 is 0 Å². The molecule has 0 saturated heterocycles. The topological polar surface area (TPSA) is 60.8 Å². The number of nitrogens with zero attached hydrogens (tertiary/aromatic N) is 1. The van der Waals surface area contributed by atoms with Crippen molar-refractivity contribution < 1.29 is 15.0 Å². The molecule has 0 radical (unpaired) electrons. The highest BCUT2D eigenvalue weighted by Crippen LogP contribution is 2.16. The maximum Gasteiger partial charge on any atom is 0.222 e. The molecule has 56 heavy (non-hydrogen) atoms. The van der Waals surface area contributed by atoms with E-state index in [0.717, 1.165) is 38.8 Å². The Morgan fingerprint density at radius 2 is 0.589 bits per heavy atom. The molecule has 0 rings (SSSR count). The second-order valence-electron chi connectivity index (χ2n) is 17.4. The van der Waals surface area contributed by atoms with E-state index in [1.165, 1.54) is 244 Å². The van der Waals surface area contributed by atoms with Crippen LogP contribution in [0.4, 0.5) is 0 Å². The normalized spacial score (nSPS) is 11.8. The molecule has 2 N–H and O–H groups in total. The van der Waals surface area contributed by atoms with Crippen molar-refractivity contribution in [3.63, 3.8) is 0 Å². The zero-order chi connectivity index (χ0) is 40.5. The molecular formula is C52H101NO3. The number of amides is 1. The van der Waals surface area contributed by atoms with Crippen LogP contribution in [0.25, 0.3) is 0 Å².